The van der Waals surface area contributed by atoms with E-state index in [2.05, 4.69) is 6.92 Å². The molecule has 0 N–H and O–H groups in total. The summed E-state index contributed by atoms with van der Waals surface area (Å²) in [5.74, 6) is 0. The van der Waals surface area contributed by atoms with Crippen molar-refractivity contribution in [2.45, 2.75) is 63.2 Å². The van der Waals surface area contributed by atoms with Gasteiger partial charge in [-0.15, -0.1) is 0 Å². The third-order valence-electron chi connectivity index (χ3n) is 2.30. The van der Waals surface area contributed by atoms with Crippen molar-refractivity contribution in [1.29, 1.82) is 0 Å². The number of hydrogen-bond acceptors (Lipinski definition) is 2. The summed E-state index contributed by atoms with van der Waals surface area (Å²) in [6.07, 6.45) is 10.5. The molecule has 0 spiro atoms. The van der Waals surface area contributed by atoms with Gasteiger partial charge in [-0.1, -0.05) is 0 Å². The van der Waals surface area contributed by atoms with E-state index in [-0.39, 0.29) is 0 Å². The summed E-state index contributed by atoms with van der Waals surface area (Å²) in [5.41, 5.74) is 0. The van der Waals surface area contributed by atoms with Gasteiger partial charge in [0.05, 0.1) is 0 Å². The zero-order chi connectivity index (χ0) is 10.6. The molecule has 0 radical (unpaired) electrons. The second-order valence-electron chi connectivity index (χ2n) is 3.81. The van der Waals surface area contributed by atoms with Crippen LogP contribution in [0.2, 0.25) is 4.94 Å². The molecule has 0 atom stereocenters. The summed E-state index contributed by atoms with van der Waals surface area (Å²) in [6, 6.07) is 0. The molecule has 3 heteroatoms. The Balaban J connectivity index is 2.88. The Labute approximate surface area is 96.1 Å². The van der Waals surface area contributed by atoms with Crippen LogP contribution >= 0.6 is 0 Å². The summed E-state index contributed by atoms with van der Waals surface area (Å²) in [7, 11) is 0. The Kier molecular flexibility index (Phi) is 12.1. The van der Waals surface area contributed by atoms with Crippen LogP contribution in [0.3, 0.4) is 0 Å². The monoisotopic (exact) mass is 308 g/mol. The quantitative estimate of drug-likeness (QED) is 0.454. The molecule has 0 unspecified atom stereocenters. The molecule has 0 amide bonds. The van der Waals surface area contributed by atoms with Gasteiger partial charge in [0.1, 0.15) is 0 Å². The fourth-order valence-electron chi connectivity index (χ4n) is 1.45. The first kappa shape index (κ1) is 14.6. The number of hydrogen-bond donors (Lipinski definition) is 0. The fraction of sp³-hybridized carbons (Fsp3) is 1.00. The first-order chi connectivity index (χ1) is 6.77. The maximum atomic E-state index is 10.7. The second-order valence-corrected chi connectivity index (χ2v) is 7.44. The van der Waals surface area contributed by atoms with Crippen LogP contribution in [-0.4, -0.2) is 26.8 Å². The maximum absolute atomic E-state index is 10.7. The van der Waals surface area contributed by atoms with Gasteiger partial charge in [-0.3, -0.25) is 0 Å². The molecule has 0 aromatic heterocycles. The Morgan fingerprint density at radius 1 is 0.929 bits per heavy atom. The van der Waals surface area contributed by atoms with Crippen molar-refractivity contribution >= 4 is 20.2 Å². The number of unbranched alkanes of at least 4 members (excludes halogenated alkanes) is 7. The molecular formula is C11H24O2Sn. The van der Waals surface area contributed by atoms with E-state index in [0.29, 0.717) is 0 Å². The summed E-state index contributed by atoms with van der Waals surface area (Å²) < 4.78 is 15.8. The predicted octanol–water partition coefficient (Wildman–Crippen LogP) is 3.69. The SMILES string of the molecule is CCCCCCCCCC[O][Sn]([CH3])=[O]. The third-order valence-corrected chi connectivity index (χ3v) is 4.05. The van der Waals surface area contributed by atoms with Gasteiger partial charge in [-0.25, -0.2) is 0 Å². The molecule has 0 aliphatic carbocycles. The summed E-state index contributed by atoms with van der Waals surface area (Å²) in [6.45, 7) is 2.97. The van der Waals surface area contributed by atoms with Crippen molar-refractivity contribution in [2.24, 2.45) is 0 Å². The zero-order valence-electron chi connectivity index (χ0n) is 9.68. The Morgan fingerprint density at radius 2 is 1.43 bits per heavy atom. The van der Waals surface area contributed by atoms with Gasteiger partial charge in [0.2, 0.25) is 0 Å². The molecule has 0 bridgehead atoms. The molecule has 0 rings (SSSR count). The van der Waals surface area contributed by atoms with E-state index in [9.17, 15) is 3.08 Å². The molecule has 0 saturated carbocycles. The molecule has 0 aliphatic rings. The predicted molar refractivity (Wildman–Crippen MR) is 60.9 cm³/mol. The van der Waals surface area contributed by atoms with Crippen LogP contribution < -0.4 is 0 Å². The van der Waals surface area contributed by atoms with E-state index in [1.807, 2.05) is 0 Å². The van der Waals surface area contributed by atoms with Gasteiger partial charge in [0.25, 0.3) is 0 Å². The normalized spacial score (nSPS) is 10.4. The molecule has 14 heavy (non-hydrogen) atoms. The van der Waals surface area contributed by atoms with Gasteiger partial charge in [-0.2, -0.15) is 0 Å². The Morgan fingerprint density at radius 3 is 1.93 bits per heavy atom. The van der Waals surface area contributed by atoms with Crippen molar-refractivity contribution in [1.82, 2.24) is 0 Å². The average molecular weight is 307 g/mol. The summed E-state index contributed by atoms with van der Waals surface area (Å²) >= 11 is -2.47. The van der Waals surface area contributed by atoms with E-state index < -0.39 is 20.2 Å². The first-order valence-corrected chi connectivity index (χ1v) is 11.1. The Hall–Kier alpha value is 0.559. The van der Waals surface area contributed by atoms with Crippen LogP contribution in [0.4, 0.5) is 0 Å². The fourth-order valence-corrected chi connectivity index (χ4v) is 2.68. The van der Waals surface area contributed by atoms with E-state index in [0.717, 1.165) is 13.0 Å². The Bertz CT molecular complexity index is 137. The van der Waals surface area contributed by atoms with Crippen LogP contribution in [0, 0.1) is 0 Å². The molecule has 0 aromatic carbocycles. The third kappa shape index (κ3) is 12.6. The molecular weight excluding hydrogens is 283 g/mol. The summed E-state index contributed by atoms with van der Waals surface area (Å²) in [5, 5.41) is 0. The molecule has 0 aliphatic heterocycles. The van der Waals surface area contributed by atoms with Gasteiger partial charge in [-0.05, 0) is 0 Å². The van der Waals surface area contributed by atoms with Crippen LogP contribution in [0.1, 0.15) is 58.3 Å². The average Bonchev–Trinajstić information content (AvgIpc) is 2.15. The molecule has 0 heterocycles. The zero-order valence-corrected chi connectivity index (χ0v) is 12.5. The van der Waals surface area contributed by atoms with Crippen molar-refractivity contribution < 1.29 is 6.15 Å². The van der Waals surface area contributed by atoms with Crippen molar-refractivity contribution in [3.05, 3.63) is 0 Å². The molecule has 0 fully saturated rings. The van der Waals surface area contributed by atoms with Crippen LogP contribution in [0.25, 0.3) is 0 Å². The van der Waals surface area contributed by atoms with Gasteiger partial charge >= 0.3 is 96.1 Å². The number of rotatable bonds is 10. The van der Waals surface area contributed by atoms with Crippen molar-refractivity contribution in [3.63, 3.8) is 0 Å². The second kappa shape index (κ2) is 11.6. The summed E-state index contributed by atoms with van der Waals surface area (Å²) in [4.78, 5) is 1.74. The van der Waals surface area contributed by atoms with E-state index in [4.69, 9.17) is 3.07 Å². The minimum atomic E-state index is -2.47. The van der Waals surface area contributed by atoms with Gasteiger partial charge in [0, 0.05) is 0 Å². The topological polar surface area (TPSA) is 26.3 Å². The van der Waals surface area contributed by atoms with E-state index >= 15 is 0 Å². The molecule has 0 aromatic rings. The van der Waals surface area contributed by atoms with Gasteiger partial charge in [0.15, 0.2) is 0 Å². The standard InChI is InChI=1S/C10H21O.CH3.O.Sn/c1-2-3-4-5-6-7-8-9-10-11;;;/h2-10H2,1H3;1H3;;/q-1;;;+1. The van der Waals surface area contributed by atoms with E-state index in [1.165, 1.54) is 44.9 Å². The molecule has 0 saturated heterocycles. The van der Waals surface area contributed by atoms with Crippen molar-refractivity contribution in [2.75, 3.05) is 6.61 Å². The first-order valence-electron chi connectivity index (χ1n) is 5.90. The molecule has 84 valence electrons. The van der Waals surface area contributed by atoms with Crippen molar-refractivity contribution in [3.8, 4) is 0 Å². The minimum absolute atomic E-state index is 0.726. The molecule has 2 nitrogen and oxygen atoms in total. The van der Waals surface area contributed by atoms with E-state index in [1.54, 1.807) is 4.94 Å². The van der Waals surface area contributed by atoms with Crippen LogP contribution in [-0.2, 0) is 6.15 Å². The van der Waals surface area contributed by atoms with Crippen LogP contribution in [0.5, 0.6) is 0 Å². The van der Waals surface area contributed by atoms with Gasteiger partial charge < -0.3 is 0 Å². The van der Waals surface area contributed by atoms with Crippen LogP contribution in [0.15, 0.2) is 0 Å².